The van der Waals surface area contributed by atoms with E-state index in [9.17, 15) is 13.2 Å². The minimum absolute atomic E-state index is 0.0161. The van der Waals surface area contributed by atoms with Gasteiger partial charge in [0.25, 0.3) is 0 Å². The quantitative estimate of drug-likeness (QED) is 0.887. The molecule has 2 N–H and O–H groups in total. The average Bonchev–Trinajstić information content (AvgIpc) is 2.42. The maximum absolute atomic E-state index is 12.5. The van der Waals surface area contributed by atoms with Gasteiger partial charge in [-0.2, -0.15) is 0 Å². The first-order valence-electron chi connectivity index (χ1n) is 7.72. The fraction of sp³-hybridized carbons (Fsp3) is 0.667. The Morgan fingerprint density at radius 1 is 1.05 bits per heavy atom. The van der Waals surface area contributed by atoms with Crippen LogP contribution < -0.4 is 10.2 Å². The summed E-state index contributed by atoms with van der Waals surface area (Å²) in [7, 11) is -3.73. The van der Waals surface area contributed by atoms with Gasteiger partial charge in [-0.25, -0.2) is 13.1 Å². The number of sulfonamides is 1. The zero-order valence-corrected chi connectivity index (χ0v) is 12.6. The van der Waals surface area contributed by atoms with Crippen LogP contribution in [0.5, 0.6) is 0 Å². The molecule has 4 fully saturated rings. The molecule has 1 aromatic rings. The van der Waals surface area contributed by atoms with Crippen molar-refractivity contribution in [3.05, 3.63) is 28.7 Å². The molecule has 0 aromatic carbocycles. The molecule has 0 spiro atoms. The van der Waals surface area contributed by atoms with Crippen LogP contribution in [0.4, 0.5) is 0 Å². The summed E-state index contributed by atoms with van der Waals surface area (Å²) >= 11 is 0. The van der Waals surface area contributed by atoms with Gasteiger partial charge < -0.3 is 4.98 Å². The zero-order chi connectivity index (χ0) is 14.6. The van der Waals surface area contributed by atoms with Crippen LogP contribution in [0.25, 0.3) is 0 Å². The molecule has 0 saturated heterocycles. The number of nitrogens with one attached hydrogen (secondary N) is 2. The number of pyridine rings is 1. The lowest BCUT2D eigenvalue weighted by Crippen LogP contribution is -2.56. The third-order valence-corrected chi connectivity index (χ3v) is 7.08. The van der Waals surface area contributed by atoms with Gasteiger partial charge in [0.1, 0.15) is 4.90 Å². The van der Waals surface area contributed by atoms with Gasteiger partial charge in [-0.15, -0.1) is 0 Å². The van der Waals surface area contributed by atoms with Crippen LogP contribution in [0.1, 0.15) is 32.1 Å². The third-order valence-electron chi connectivity index (χ3n) is 5.60. The molecule has 6 heteroatoms. The highest BCUT2D eigenvalue weighted by atomic mass is 32.2. The lowest BCUT2D eigenvalue weighted by Gasteiger charge is -2.54. The van der Waals surface area contributed by atoms with Gasteiger partial charge in [-0.05, 0) is 55.8 Å². The molecule has 1 heterocycles. The molecular formula is C15H20N2O3S. The first kappa shape index (κ1) is 13.5. The van der Waals surface area contributed by atoms with E-state index in [4.69, 9.17) is 0 Å². The molecule has 0 radical (unpaired) electrons. The number of hydrogen-bond acceptors (Lipinski definition) is 3. The van der Waals surface area contributed by atoms with Crippen molar-refractivity contribution in [2.75, 3.05) is 0 Å². The van der Waals surface area contributed by atoms with Gasteiger partial charge in [0.2, 0.25) is 15.5 Å². The first-order chi connectivity index (χ1) is 10.0. The summed E-state index contributed by atoms with van der Waals surface area (Å²) in [4.78, 5) is 14.3. The van der Waals surface area contributed by atoms with Crippen LogP contribution in [0.3, 0.4) is 0 Å². The summed E-state index contributed by atoms with van der Waals surface area (Å²) in [5, 5.41) is 0. The van der Waals surface area contributed by atoms with Crippen LogP contribution in [-0.4, -0.2) is 19.4 Å². The molecule has 0 aliphatic heterocycles. The van der Waals surface area contributed by atoms with Crippen molar-refractivity contribution in [3.8, 4) is 0 Å². The maximum atomic E-state index is 12.5. The van der Waals surface area contributed by atoms with Crippen molar-refractivity contribution < 1.29 is 8.42 Å². The lowest BCUT2D eigenvalue weighted by atomic mass is 9.54. The van der Waals surface area contributed by atoms with Gasteiger partial charge in [-0.3, -0.25) is 4.79 Å². The number of hydrogen-bond donors (Lipinski definition) is 2. The molecule has 4 bridgehead atoms. The van der Waals surface area contributed by atoms with Crippen molar-refractivity contribution in [1.29, 1.82) is 0 Å². The molecule has 4 aliphatic rings. The maximum Gasteiger partial charge on any atom is 0.246 e. The molecule has 0 atom stereocenters. The van der Waals surface area contributed by atoms with Crippen LogP contribution in [0.2, 0.25) is 0 Å². The summed E-state index contributed by atoms with van der Waals surface area (Å²) in [6, 6.07) is 1.27. The fourth-order valence-corrected chi connectivity index (χ4v) is 6.40. The number of rotatable bonds is 3. The van der Waals surface area contributed by atoms with Crippen molar-refractivity contribution >= 4 is 10.0 Å². The fourth-order valence-electron chi connectivity index (χ4n) is 4.97. The van der Waals surface area contributed by atoms with Crippen molar-refractivity contribution in [1.82, 2.24) is 9.71 Å². The molecule has 114 valence electrons. The van der Waals surface area contributed by atoms with Gasteiger partial charge in [0.15, 0.2) is 0 Å². The summed E-state index contributed by atoms with van der Waals surface area (Å²) in [6.07, 6.45) is 8.64. The predicted molar refractivity (Wildman–Crippen MR) is 78.2 cm³/mol. The van der Waals surface area contributed by atoms with E-state index in [1.165, 1.54) is 24.9 Å². The van der Waals surface area contributed by atoms with E-state index in [1.54, 1.807) is 0 Å². The topological polar surface area (TPSA) is 79.0 Å². The molecule has 21 heavy (non-hydrogen) atoms. The Balaban J connectivity index is 1.61. The monoisotopic (exact) mass is 308 g/mol. The van der Waals surface area contributed by atoms with Crippen molar-refractivity contribution in [2.24, 2.45) is 23.7 Å². The first-order valence-corrected chi connectivity index (χ1v) is 9.20. The van der Waals surface area contributed by atoms with Gasteiger partial charge in [0.05, 0.1) is 0 Å². The standard InChI is InChI=1S/C15H20N2O3S/c18-13-1-2-16-8-14(13)21(19,20)17-15-11-4-9-3-10(6-11)7-12(15)5-9/h1-2,8-12,15,17H,3-7H2,(H,16,18). The molecule has 1 aromatic heterocycles. The van der Waals surface area contributed by atoms with Gasteiger partial charge in [-0.1, -0.05) is 0 Å². The van der Waals surface area contributed by atoms with Gasteiger partial charge in [0, 0.05) is 24.5 Å². The van der Waals surface area contributed by atoms with Crippen LogP contribution >= 0.6 is 0 Å². The van der Waals surface area contributed by atoms with E-state index in [0.29, 0.717) is 11.8 Å². The van der Waals surface area contributed by atoms with E-state index < -0.39 is 15.5 Å². The smallest absolute Gasteiger partial charge is 0.246 e. The normalized spacial score (nSPS) is 37.8. The number of aromatic nitrogens is 1. The predicted octanol–water partition coefficient (Wildman–Crippen LogP) is 1.48. The summed E-state index contributed by atoms with van der Waals surface area (Å²) in [5.41, 5.74) is -0.454. The van der Waals surface area contributed by atoms with Crippen molar-refractivity contribution in [3.63, 3.8) is 0 Å². The Kier molecular flexibility index (Phi) is 3.01. The Labute approximate surface area is 124 Å². The molecule has 4 saturated carbocycles. The number of aromatic amines is 1. The van der Waals surface area contributed by atoms with E-state index >= 15 is 0 Å². The molecule has 5 nitrogen and oxygen atoms in total. The van der Waals surface area contributed by atoms with E-state index in [1.807, 2.05) is 0 Å². The van der Waals surface area contributed by atoms with Crippen molar-refractivity contribution in [2.45, 2.75) is 43.0 Å². The lowest BCUT2D eigenvalue weighted by molar-refractivity contribution is -0.00558. The zero-order valence-electron chi connectivity index (χ0n) is 11.8. The second-order valence-corrected chi connectivity index (χ2v) is 8.63. The Hall–Kier alpha value is -1.14. The minimum atomic E-state index is -3.73. The SMILES string of the molecule is O=c1cc[nH]cc1S(=O)(=O)NC1C2CC3CC(C2)CC1C3. The van der Waals surface area contributed by atoms with Gasteiger partial charge >= 0.3 is 0 Å². The average molecular weight is 308 g/mol. The molecule has 4 aliphatic carbocycles. The molecule has 0 amide bonds. The Bertz CT molecular complexity index is 682. The Morgan fingerprint density at radius 3 is 2.24 bits per heavy atom. The minimum Gasteiger partial charge on any atom is -0.366 e. The van der Waals surface area contributed by atoms with E-state index in [2.05, 4.69) is 9.71 Å². The van der Waals surface area contributed by atoms with Crippen LogP contribution in [-0.2, 0) is 10.0 Å². The third kappa shape index (κ3) is 2.25. The largest absolute Gasteiger partial charge is 0.366 e. The second kappa shape index (κ2) is 4.68. The summed E-state index contributed by atoms with van der Waals surface area (Å²) in [5.74, 6) is 2.51. The molecule has 0 unspecified atom stereocenters. The van der Waals surface area contributed by atoms with E-state index in [-0.39, 0.29) is 10.9 Å². The highest BCUT2D eigenvalue weighted by molar-refractivity contribution is 7.89. The summed E-state index contributed by atoms with van der Waals surface area (Å²) < 4.78 is 27.9. The highest BCUT2D eigenvalue weighted by Gasteiger charge is 2.49. The van der Waals surface area contributed by atoms with Crippen LogP contribution in [0, 0.1) is 23.7 Å². The molecule has 5 rings (SSSR count). The van der Waals surface area contributed by atoms with E-state index in [0.717, 1.165) is 37.5 Å². The molecular weight excluding hydrogens is 288 g/mol. The Morgan fingerprint density at radius 2 is 1.67 bits per heavy atom. The number of H-pyrrole nitrogens is 1. The second-order valence-electron chi connectivity index (χ2n) is 6.95. The summed E-state index contributed by atoms with van der Waals surface area (Å²) in [6.45, 7) is 0. The highest BCUT2D eigenvalue weighted by Crippen LogP contribution is 2.53. The van der Waals surface area contributed by atoms with Crippen LogP contribution in [0.15, 0.2) is 28.2 Å².